The quantitative estimate of drug-likeness (QED) is 0.828. The third-order valence-electron chi connectivity index (χ3n) is 2.03. The predicted molar refractivity (Wildman–Crippen MR) is 64.6 cm³/mol. The molecular weight excluding hydrogens is 331 g/mol. The highest BCUT2D eigenvalue weighted by Crippen LogP contribution is 2.21. The highest BCUT2D eigenvalue weighted by Gasteiger charge is 2.28. The summed E-state index contributed by atoms with van der Waals surface area (Å²) in [5, 5.41) is 10.2. The van der Waals surface area contributed by atoms with Gasteiger partial charge in [0.25, 0.3) is 11.8 Å². The summed E-state index contributed by atoms with van der Waals surface area (Å²) in [6.45, 7) is -2.97. The van der Waals surface area contributed by atoms with E-state index < -0.39 is 37.4 Å². The van der Waals surface area contributed by atoms with Crippen molar-refractivity contribution in [2.45, 2.75) is 5.92 Å². The van der Waals surface area contributed by atoms with Gasteiger partial charge in [-0.1, -0.05) is 15.9 Å². The molecule has 0 radical (unpaired) electrons. The SMILES string of the molecule is O=C(COc1ccc(Br)cc1F)NCC(F)(F)CO. The lowest BCUT2D eigenvalue weighted by Crippen LogP contribution is -2.40. The average Bonchev–Trinajstić information content (AvgIpc) is 2.35. The van der Waals surface area contributed by atoms with Gasteiger partial charge in [0.15, 0.2) is 18.2 Å². The Kier molecular flexibility index (Phi) is 5.61. The summed E-state index contributed by atoms with van der Waals surface area (Å²) in [6.07, 6.45) is 0. The first-order valence-electron chi connectivity index (χ1n) is 5.17. The predicted octanol–water partition coefficient (Wildman–Crippen LogP) is 1.71. The fourth-order valence-electron chi connectivity index (χ4n) is 1.07. The number of ether oxygens (including phenoxy) is 1. The van der Waals surface area contributed by atoms with Crippen LogP contribution in [0.15, 0.2) is 22.7 Å². The molecule has 0 aromatic heterocycles. The minimum absolute atomic E-state index is 0.160. The number of halogens is 4. The van der Waals surface area contributed by atoms with Crippen molar-refractivity contribution in [2.75, 3.05) is 19.8 Å². The van der Waals surface area contributed by atoms with Crippen molar-refractivity contribution in [1.82, 2.24) is 5.32 Å². The fourth-order valence-corrected chi connectivity index (χ4v) is 1.40. The zero-order valence-corrected chi connectivity index (χ0v) is 11.2. The molecule has 1 aromatic carbocycles. The maximum absolute atomic E-state index is 13.3. The van der Waals surface area contributed by atoms with Crippen LogP contribution in [0.1, 0.15) is 0 Å². The van der Waals surface area contributed by atoms with Gasteiger partial charge in [-0.05, 0) is 18.2 Å². The molecule has 0 spiro atoms. The lowest BCUT2D eigenvalue weighted by Gasteiger charge is -2.14. The van der Waals surface area contributed by atoms with Gasteiger partial charge in [0, 0.05) is 4.47 Å². The molecule has 106 valence electrons. The molecule has 4 nitrogen and oxygen atoms in total. The molecule has 2 N–H and O–H groups in total. The molecular formula is C11H11BrF3NO3. The van der Waals surface area contributed by atoms with Gasteiger partial charge < -0.3 is 15.2 Å². The molecule has 19 heavy (non-hydrogen) atoms. The Balaban J connectivity index is 2.42. The van der Waals surface area contributed by atoms with Crippen molar-refractivity contribution < 1.29 is 27.8 Å². The summed E-state index contributed by atoms with van der Waals surface area (Å²) < 4.78 is 43.9. The van der Waals surface area contributed by atoms with Gasteiger partial charge in [-0.2, -0.15) is 0 Å². The number of carbonyl (C=O) groups is 1. The first kappa shape index (κ1) is 15.8. The molecule has 0 unspecified atom stereocenters. The first-order chi connectivity index (χ1) is 8.84. The summed E-state index contributed by atoms with van der Waals surface area (Å²) in [5.41, 5.74) is 0. The summed E-state index contributed by atoms with van der Waals surface area (Å²) in [4.78, 5) is 11.2. The summed E-state index contributed by atoms with van der Waals surface area (Å²) >= 11 is 3.05. The maximum Gasteiger partial charge on any atom is 0.287 e. The Morgan fingerprint density at radius 1 is 1.47 bits per heavy atom. The Labute approximate surface area is 115 Å². The molecule has 0 aliphatic carbocycles. The number of hydrogen-bond acceptors (Lipinski definition) is 3. The highest BCUT2D eigenvalue weighted by atomic mass is 79.9. The highest BCUT2D eigenvalue weighted by molar-refractivity contribution is 9.10. The van der Waals surface area contributed by atoms with Crippen LogP contribution in [0.4, 0.5) is 13.2 Å². The number of amides is 1. The van der Waals surface area contributed by atoms with Crippen molar-refractivity contribution in [3.05, 3.63) is 28.5 Å². The van der Waals surface area contributed by atoms with Crippen molar-refractivity contribution in [3.8, 4) is 5.75 Å². The van der Waals surface area contributed by atoms with Crippen LogP contribution in [0.2, 0.25) is 0 Å². The van der Waals surface area contributed by atoms with Crippen LogP contribution in [0.3, 0.4) is 0 Å². The van der Waals surface area contributed by atoms with Crippen molar-refractivity contribution in [1.29, 1.82) is 0 Å². The molecule has 0 aliphatic rings. The molecule has 0 atom stereocenters. The Morgan fingerprint density at radius 3 is 2.74 bits per heavy atom. The van der Waals surface area contributed by atoms with E-state index in [1.54, 1.807) is 0 Å². The van der Waals surface area contributed by atoms with Crippen molar-refractivity contribution >= 4 is 21.8 Å². The molecule has 0 heterocycles. The van der Waals surface area contributed by atoms with Gasteiger partial charge in [-0.3, -0.25) is 4.79 Å². The van der Waals surface area contributed by atoms with E-state index in [4.69, 9.17) is 9.84 Å². The number of aliphatic hydroxyl groups is 1. The number of nitrogens with one attached hydrogen (secondary N) is 1. The van der Waals surface area contributed by atoms with E-state index in [0.29, 0.717) is 4.47 Å². The molecule has 0 aliphatic heterocycles. The number of rotatable bonds is 6. The standard InChI is InChI=1S/C11H11BrF3NO3/c12-7-1-2-9(8(13)3-7)19-4-10(18)16-5-11(14,15)6-17/h1-3,17H,4-6H2,(H,16,18). The van der Waals surface area contributed by atoms with Crippen LogP contribution in [0, 0.1) is 5.82 Å². The molecule has 0 bridgehead atoms. The molecule has 8 heteroatoms. The first-order valence-corrected chi connectivity index (χ1v) is 5.96. The van der Waals surface area contributed by atoms with Crippen molar-refractivity contribution in [2.24, 2.45) is 0 Å². The average molecular weight is 342 g/mol. The number of carbonyl (C=O) groups excluding carboxylic acids is 1. The van der Waals surface area contributed by atoms with Crippen LogP contribution >= 0.6 is 15.9 Å². The van der Waals surface area contributed by atoms with Gasteiger partial charge in [0.05, 0.1) is 6.54 Å². The second-order valence-corrected chi connectivity index (χ2v) is 4.57. The van der Waals surface area contributed by atoms with Crippen LogP contribution in [0.5, 0.6) is 5.75 Å². The fraction of sp³-hybridized carbons (Fsp3) is 0.364. The minimum Gasteiger partial charge on any atom is -0.481 e. The second kappa shape index (κ2) is 6.76. The lowest BCUT2D eigenvalue weighted by molar-refractivity contribution is -0.126. The molecule has 0 saturated carbocycles. The van der Waals surface area contributed by atoms with Crippen molar-refractivity contribution in [3.63, 3.8) is 0 Å². The monoisotopic (exact) mass is 341 g/mol. The van der Waals surface area contributed by atoms with Gasteiger partial charge >= 0.3 is 0 Å². The molecule has 1 amide bonds. The van der Waals surface area contributed by atoms with Gasteiger partial charge in [-0.15, -0.1) is 0 Å². The second-order valence-electron chi connectivity index (χ2n) is 3.65. The number of benzene rings is 1. The van der Waals surface area contributed by atoms with E-state index in [1.165, 1.54) is 12.1 Å². The van der Waals surface area contributed by atoms with Crippen LogP contribution in [-0.2, 0) is 4.79 Å². The van der Waals surface area contributed by atoms with Crippen LogP contribution < -0.4 is 10.1 Å². The zero-order valence-electron chi connectivity index (χ0n) is 9.63. The van der Waals surface area contributed by atoms with E-state index in [1.807, 2.05) is 5.32 Å². The molecule has 1 aromatic rings. The maximum atomic E-state index is 13.3. The zero-order chi connectivity index (χ0) is 14.5. The molecule has 0 saturated heterocycles. The number of aliphatic hydroxyl groups excluding tert-OH is 1. The molecule has 0 fully saturated rings. The van der Waals surface area contributed by atoms with Gasteiger partial charge in [-0.25, -0.2) is 13.2 Å². The minimum atomic E-state index is -3.39. The van der Waals surface area contributed by atoms with E-state index in [-0.39, 0.29) is 5.75 Å². The smallest absolute Gasteiger partial charge is 0.287 e. The van der Waals surface area contributed by atoms with E-state index in [0.717, 1.165) is 6.07 Å². The van der Waals surface area contributed by atoms with Gasteiger partial charge in [0.2, 0.25) is 0 Å². The Hall–Kier alpha value is -1.28. The van der Waals surface area contributed by atoms with Gasteiger partial charge in [0.1, 0.15) is 6.61 Å². The number of alkyl halides is 2. The van der Waals surface area contributed by atoms with E-state index >= 15 is 0 Å². The van der Waals surface area contributed by atoms with Crippen LogP contribution in [0.25, 0.3) is 0 Å². The normalized spacial score (nSPS) is 11.2. The van der Waals surface area contributed by atoms with Crippen LogP contribution in [-0.4, -0.2) is 36.7 Å². The Bertz CT molecular complexity index is 457. The largest absolute Gasteiger partial charge is 0.481 e. The Morgan fingerprint density at radius 2 is 2.16 bits per heavy atom. The summed E-state index contributed by atoms with van der Waals surface area (Å²) in [5.74, 6) is -5.07. The van der Waals surface area contributed by atoms with E-state index in [2.05, 4.69) is 15.9 Å². The summed E-state index contributed by atoms with van der Waals surface area (Å²) in [7, 11) is 0. The summed E-state index contributed by atoms with van der Waals surface area (Å²) in [6, 6.07) is 3.96. The third kappa shape index (κ3) is 5.48. The van der Waals surface area contributed by atoms with E-state index in [9.17, 15) is 18.0 Å². The lowest BCUT2D eigenvalue weighted by atomic mass is 10.3. The third-order valence-corrected chi connectivity index (χ3v) is 2.52. The molecule has 1 rings (SSSR count). The topological polar surface area (TPSA) is 58.6 Å². The number of hydrogen-bond donors (Lipinski definition) is 2.